The second-order valence-electron chi connectivity index (χ2n) is 9.64. The molecule has 0 saturated carbocycles. The summed E-state index contributed by atoms with van der Waals surface area (Å²) in [6, 6.07) is 6.21. The Balaban J connectivity index is 1.52. The van der Waals surface area contributed by atoms with Gasteiger partial charge in [0.2, 0.25) is 16.2 Å². The van der Waals surface area contributed by atoms with Crippen molar-refractivity contribution >= 4 is 45.0 Å². The molecule has 0 spiro atoms. The van der Waals surface area contributed by atoms with Gasteiger partial charge in [-0.3, -0.25) is 4.79 Å². The highest BCUT2D eigenvalue weighted by molar-refractivity contribution is 7.89. The maximum Gasteiger partial charge on any atom is 0.340 e. The molecule has 4 N–H and O–H groups in total. The van der Waals surface area contributed by atoms with E-state index in [0.717, 1.165) is 24.3 Å². The summed E-state index contributed by atoms with van der Waals surface area (Å²) in [7, 11) is -4.31. The first-order valence-electron chi connectivity index (χ1n) is 13.0. The number of hydrogen-bond acceptors (Lipinski definition) is 10. The van der Waals surface area contributed by atoms with E-state index in [1.807, 2.05) is 0 Å². The molecular weight excluding hydrogens is 631 g/mol. The zero-order valence-electron chi connectivity index (χ0n) is 23.4. The van der Waals surface area contributed by atoms with Crippen LogP contribution in [0.2, 0.25) is 5.02 Å². The third-order valence-corrected chi connectivity index (χ3v) is 7.42. The maximum absolute atomic E-state index is 14.5. The number of rotatable bonds is 15. The van der Waals surface area contributed by atoms with Gasteiger partial charge >= 0.3 is 11.9 Å². The number of Topliss-reactive ketones (excluding diaryl/α,β-unsaturated/α-hetero) is 1. The molecule has 238 valence electrons. The Labute approximate surface area is 255 Å². The molecule has 0 fully saturated rings. The van der Waals surface area contributed by atoms with Crippen LogP contribution >= 0.6 is 11.6 Å². The van der Waals surface area contributed by atoms with Crippen molar-refractivity contribution in [3.8, 4) is 0 Å². The zero-order valence-corrected chi connectivity index (χ0v) is 25.0. The van der Waals surface area contributed by atoms with Gasteiger partial charge in [-0.05, 0) is 50.2 Å². The molecule has 2 aromatic carbocycles. The highest BCUT2D eigenvalue weighted by Gasteiger charge is 2.25. The fraction of sp³-hybridized carbons (Fsp3) is 0.321. The summed E-state index contributed by atoms with van der Waals surface area (Å²) in [5.74, 6) is -4.25. The molecule has 1 aromatic heterocycles. The predicted octanol–water partition coefficient (Wildman–Crippen LogP) is 4.15. The molecule has 0 saturated heterocycles. The number of ketones is 1. The predicted molar refractivity (Wildman–Crippen MR) is 152 cm³/mol. The van der Waals surface area contributed by atoms with Crippen LogP contribution < -0.4 is 15.8 Å². The lowest BCUT2D eigenvalue weighted by molar-refractivity contribution is -0.150. The van der Waals surface area contributed by atoms with E-state index in [9.17, 15) is 36.0 Å². The van der Waals surface area contributed by atoms with Crippen LogP contribution in [0.1, 0.15) is 46.7 Å². The Morgan fingerprint density at radius 2 is 1.75 bits per heavy atom. The van der Waals surface area contributed by atoms with E-state index in [4.69, 9.17) is 30.6 Å². The van der Waals surface area contributed by atoms with Crippen molar-refractivity contribution in [3.63, 3.8) is 0 Å². The fourth-order valence-electron chi connectivity index (χ4n) is 3.93. The van der Waals surface area contributed by atoms with Gasteiger partial charge < -0.3 is 24.5 Å². The molecule has 3 unspecified atom stereocenters. The summed E-state index contributed by atoms with van der Waals surface area (Å²) < 4.78 is 80.3. The van der Waals surface area contributed by atoms with E-state index in [1.165, 1.54) is 20.1 Å². The van der Waals surface area contributed by atoms with E-state index >= 15 is 0 Å². The quantitative estimate of drug-likeness (QED) is 0.159. The Morgan fingerprint density at radius 3 is 2.36 bits per heavy atom. The normalized spacial score (nSPS) is 13.5. The average Bonchev–Trinajstić information content (AvgIpc) is 3.46. The standard InChI is InChI=1S/C28H29ClF3N3O8S/c1-15(35-16(2)26(36)17-8-18(30)10-19(31)9-17)14-43-28(38)23(32)5-7-42-27(37)21-11-25(44(33,39)40)22(29)12-24(21)34-13-20-4-3-6-41-20/h3-4,6,8-12,15-16,23,34-35H,5,7,13-14H2,1-2H3,(H2,33,39,40). The molecule has 3 atom stereocenters. The molecule has 0 amide bonds. The number of carbonyl (C=O) groups excluding carboxylic acids is 3. The second kappa shape index (κ2) is 15.2. The number of primary sulfonamides is 1. The molecule has 0 aliphatic rings. The van der Waals surface area contributed by atoms with Crippen molar-refractivity contribution < 1.29 is 49.9 Å². The molecule has 0 radical (unpaired) electrons. The number of nitrogens with one attached hydrogen (secondary N) is 2. The van der Waals surface area contributed by atoms with Crippen LogP contribution in [-0.2, 0) is 30.8 Å². The molecule has 0 aliphatic carbocycles. The van der Waals surface area contributed by atoms with Gasteiger partial charge in [0.05, 0.1) is 41.7 Å². The van der Waals surface area contributed by atoms with Crippen molar-refractivity contribution in [2.24, 2.45) is 5.14 Å². The molecule has 1 heterocycles. The van der Waals surface area contributed by atoms with Gasteiger partial charge in [0.1, 0.15) is 28.9 Å². The number of furan rings is 1. The minimum Gasteiger partial charge on any atom is -0.467 e. The summed E-state index contributed by atoms with van der Waals surface area (Å²) in [5.41, 5.74) is -0.380. The molecule has 0 bridgehead atoms. The molecular formula is C28H29ClF3N3O8S. The summed E-state index contributed by atoms with van der Waals surface area (Å²) in [4.78, 5) is 36.8. The first-order chi connectivity index (χ1) is 20.6. The van der Waals surface area contributed by atoms with Gasteiger partial charge in [0, 0.05) is 24.1 Å². The third-order valence-electron chi connectivity index (χ3n) is 6.04. The lowest BCUT2D eigenvalue weighted by Crippen LogP contribution is -2.43. The molecule has 16 heteroatoms. The monoisotopic (exact) mass is 659 g/mol. The van der Waals surface area contributed by atoms with Crippen molar-refractivity contribution in [2.75, 3.05) is 18.5 Å². The number of carbonyl (C=O) groups is 3. The molecule has 3 rings (SSSR count). The number of alkyl halides is 1. The Morgan fingerprint density at radius 1 is 1.07 bits per heavy atom. The van der Waals surface area contributed by atoms with Gasteiger partial charge in [-0.1, -0.05) is 11.6 Å². The number of sulfonamides is 1. The van der Waals surface area contributed by atoms with Gasteiger partial charge in [-0.25, -0.2) is 36.3 Å². The SMILES string of the molecule is CC(COC(=O)C(F)CCOC(=O)c1cc(S(N)(=O)=O)c(Cl)cc1NCc1ccco1)NC(C)C(=O)c1cc(F)cc(F)c1. The van der Waals surface area contributed by atoms with Crippen molar-refractivity contribution in [1.29, 1.82) is 0 Å². The van der Waals surface area contributed by atoms with Gasteiger partial charge in [0.15, 0.2) is 5.78 Å². The summed E-state index contributed by atoms with van der Waals surface area (Å²) in [6.07, 6.45) is -1.35. The minimum absolute atomic E-state index is 0.0803. The van der Waals surface area contributed by atoms with E-state index in [2.05, 4.69) is 10.6 Å². The van der Waals surface area contributed by atoms with Crippen molar-refractivity contribution in [3.05, 3.63) is 82.3 Å². The van der Waals surface area contributed by atoms with Crippen LogP contribution in [0, 0.1) is 11.6 Å². The molecule has 11 nitrogen and oxygen atoms in total. The molecule has 3 aromatic rings. The number of ether oxygens (including phenoxy) is 2. The first kappa shape index (κ1) is 34.6. The van der Waals surface area contributed by atoms with Crippen LogP contribution in [0.4, 0.5) is 18.9 Å². The van der Waals surface area contributed by atoms with Gasteiger partial charge in [-0.15, -0.1) is 0 Å². The number of anilines is 1. The number of nitrogens with two attached hydrogens (primary N) is 1. The first-order valence-corrected chi connectivity index (χ1v) is 14.9. The summed E-state index contributed by atoms with van der Waals surface area (Å²) >= 11 is 6.04. The van der Waals surface area contributed by atoms with E-state index in [0.29, 0.717) is 11.8 Å². The van der Waals surface area contributed by atoms with Crippen LogP contribution in [0.15, 0.2) is 58.0 Å². The van der Waals surface area contributed by atoms with Crippen LogP contribution in [0.5, 0.6) is 0 Å². The van der Waals surface area contributed by atoms with Gasteiger partial charge in [0.25, 0.3) is 0 Å². The Hall–Kier alpha value is -3.92. The second-order valence-corrected chi connectivity index (χ2v) is 11.6. The van der Waals surface area contributed by atoms with Crippen LogP contribution in [0.3, 0.4) is 0 Å². The topological polar surface area (TPSA) is 167 Å². The number of esters is 2. The highest BCUT2D eigenvalue weighted by atomic mass is 35.5. The van der Waals surface area contributed by atoms with Crippen LogP contribution in [0.25, 0.3) is 0 Å². The van der Waals surface area contributed by atoms with Crippen molar-refractivity contribution in [1.82, 2.24) is 5.32 Å². The lowest BCUT2D eigenvalue weighted by atomic mass is 10.0. The Kier molecular flexibility index (Phi) is 11.9. The van der Waals surface area contributed by atoms with Crippen molar-refractivity contribution in [2.45, 2.75) is 50.0 Å². The maximum atomic E-state index is 14.5. The number of benzene rings is 2. The van der Waals surface area contributed by atoms with E-state index in [1.54, 1.807) is 12.1 Å². The summed E-state index contributed by atoms with van der Waals surface area (Å²) in [6.45, 7) is 2.15. The fourth-order valence-corrected chi connectivity index (χ4v) is 5.03. The smallest absolute Gasteiger partial charge is 0.340 e. The number of hydrogen-bond donors (Lipinski definition) is 3. The summed E-state index contributed by atoms with van der Waals surface area (Å²) in [5, 5.41) is 10.6. The highest BCUT2D eigenvalue weighted by Crippen LogP contribution is 2.29. The van der Waals surface area contributed by atoms with E-state index < -0.39 is 75.6 Å². The zero-order chi connectivity index (χ0) is 32.6. The molecule has 0 aliphatic heterocycles. The lowest BCUT2D eigenvalue weighted by Gasteiger charge is -2.20. The largest absolute Gasteiger partial charge is 0.467 e. The third kappa shape index (κ3) is 9.80. The molecule has 44 heavy (non-hydrogen) atoms. The average molecular weight is 660 g/mol. The van der Waals surface area contributed by atoms with E-state index in [-0.39, 0.29) is 35.0 Å². The minimum atomic E-state index is -4.31. The van der Waals surface area contributed by atoms with Crippen LogP contribution in [-0.4, -0.2) is 57.6 Å². The number of halogens is 4. The van der Waals surface area contributed by atoms with Gasteiger partial charge in [-0.2, -0.15) is 0 Å². The Bertz CT molecular complexity index is 1590.